The second-order valence-electron chi connectivity index (χ2n) is 0.141. The predicted octanol–water partition coefficient (Wildman–Crippen LogP) is 0.238. The van der Waals surface area contributed by atoms with Gasteiger partial charge in [0.05, 0.1) is 0 Å². The van der Waals surface area contributed by atoms with E-state index in [0.717, 1.165) is 0 Å². The Morgan fingerprint density at radius 2 is 1.75 bits per heavy atom. The normalized spacial score (nSPS) is 3.00. The van der Waals surface area contributed by atoms with Crippen molar-refractivity contribution >= 4 is 6.72 Å². The van der Waals surface area contributed by atoms with Gasteiger partial charge >= 0.3 is 0 Å². The highest BCUT2D eigenvalue weighted by Gasteiger charge is 1.06. The van der Waals surface area contributed by atoms with Crippen LogP contribution in [0.25, 0.3) is 0 Å². The first-order valence-corrected chi connectivity index (χ1v) is 0.516. The molecule has 3 nitrogen and oxygen atoms in total. The van der Waals surface area contributed by atoms with Crippen LogP contribution in [0.5, 0.6) is 0 Å². The smallest absolute Gasteiger partial charge is 0.0298 e. The van der Waals surface area contributed by atoms with Crippen molar-refractivity contribution in [3.63, 3.8) is 0 Å². The van der Waals surface area contributed by atoms with Gasteiger partial charge in [-0.1, -0.05) is 0 Å². The second kappa shape index (κ2) is 26.9. The Morgan fingerprint density at radius 3 is 1.75 bits per heavy atom. The molecule has 0 atom stereocenters. The standard InChI is InChI=1S/CH3NO.H3N/c1-2-3;/h3H,1H2;1H3. The van der Waals surface area contributed by atoms with E-state index >= 15 is 0 Å². The molecule has 0 fully saturated rings. The fraction of sp³-hybridized carbons (Fsp3) is 0. The Kier molecular flexibility index (Phi) is 66.5. The van der Waals surface area contributed by atoms with Gasteiger partial charge in [-0.25, -0.2) is 0 Å². The van der Waals surface area contributed by atoms with E-state index in [4.69, 9.17) is 5.21 Å². The SMILES string of the molecule is C=NO.N. The molecule has 0 bridgehead atoms. The van der Waals surface area contributed by atoms with Crippen molar-refractivity contribution < 1.29 is 5.21 Å². The van der Waals surface area contributed by atoms with Crippen molar-refractivity contribution in [3.8, 4) is 0 Å². The minimum absolute atomic E-state index is 0. The van der Waals surface area contributed by atoms with Crippen molar-refractivity contribution in [2.24, 2.45) is 5.16 Å². The maximum Gasteiger partial charge on any atom is 0.0298 e. The molecule has 0 aromatic rings. The van der Waals surface area contributed by atoms with Crippen LogP contribution < -0.4 is 6.15 Å². The third-order valence-corrected chi connectivity index (χ3v) is 0. The molecule has 0 aliphatic rings. The summed E-state index contributed by atoms with van der Waals surface area (Å²) in [6.45, 7) is 2.67. The fourth-order valence-corrected chi connectivity index (χ4v) is 0. The van der Waals surface area contributed by atoms with Crippen molar-refractivity contribution in [2.45, 2.75) is 0 Å². The lowest BCUT2D eigenvalue weighted by Gasteiger charge is -1.43. The van der Waals surface area contributed by atoms with Gasteiger partial charge in [-0.15, -0.1) is 5.16 Å². The largest absolute Gasteiger partial charge is 0.411 e. The van der Waals surface area contributed by atoms with Crippen LogP contribution in [-0.4, -0.2) is 11.9 Å². The number of oxime groups is 1. The molecule has 0 aliphatic carbocycles. The van der Waals surface area contributed by atoms with Crippen LogP contribution in [0.15, 0.2) is 5.16 Å². The third kappa shape index (κ3) is 0.814. The van der Waals surface area contributed by atoms with E-state index < -0.39 is 0 Å². The molecule has 0 heterocycles. The minimum atomic E-state index is 0. The molecule has 0 amide bonds. The van der Waals surface area contributed by atoms with E-state index in [1.165, 1.54) is 0 Å². The average molecular weight is 62.1 g/mol. The first-order valence-electron chi connectivity index (χ1n) is 0.516. The van der Waals surface area contributed by atoms with Crippen LogP contribution in [-0.2, 0) is 0 Å². The molecule has 0 aromatic heterocycles. The zero-order chi connectivity index (χ0) is 2.71. The van der Waals surface area contributed by atoms with Gasteiger partial charge in [-0.2, -0.15) is 0 Å². The fourth-order valence-electron chi connectivity index (χ4n) is 0. The van der Waals surface area contributed by atoms with Crippen molar-refractivity contribution in [2.75, 3.05) is 0 Å². The van der Waals surface area contributed by atoms with E-state index in [0.29, 0.717) is 0 Å². The molecule has 0 aromatic carbocycles. The zero-order valence-corrected chi connectivity index (χ0v) is 2.31. The first-order chi connectivity index (χ1) is 1.41. The van der Waals surface area contributed by atoms with E-state index in [1.807, 2.05) is 0 Å². The van der Waals surface area contributed by atoms with Gasteiger partial charge < -0.3 is 11.4 Å². The number of nitrogens with zero attached hydrogens (tertiary/aromatic N) is 1. The number of hydrogen-bond donors (Lipinski definition) is 2. The average Bonchev–Trinajstić information content (AvgIpc) is 0.918. The predicted molar refractivity (Wildman–Crippen MR) is 16.4 cm³/mol. The van der Waals surface area contributed by atoms with E-state index in [2.05, 4.69) is 11.9 Å². The summed E-state index contributed by atoms with van der Waals surface area (Å²) in [4.78, 5) is 0. The van der Waals surface area contributed by atoms with Crippen LogP contribution in [0.4, 0.5) is 0 Å². The molecule has 0 radical (unpaired) electrons. The molecule has 0 saturated heterocycles. The molecule has 4 N–H and O–H groups in total. The summed E-state index contributed by atoms with van der Waals surface area (Å²) >= 11 is 0. The molecule has 0 saturated carbocycles. The lowest BCUT2D eigenvalue weighted by atomic mass is 11.8. The second-order valence-corrected chi connectivity index (χ2v) is 0.141. The minimum Gasteiger partial charge on any atom is -0.411 e. The summed E-state index contributed by atoms with van der Waals surface area (Å²) in [5, 5.41) is 9.33. The van der Waals surface area contributed by atoms with Gasteiger partial charge in [0, 0.05) is 6.72 Å². The monoisotopic (exact) mass is 62.0 g/mol. The highest BCUT2D eigenvalue weighted by molar-refractivity contribution is 5.20. The molecule has 0 spiro atoms. The Hall–Kier alpha value is -0.570. The molecular formula is CH6N2O. The Bertz CT molecular complexity index is 13.5. The van der Waals surface area contributed by atoms with Gasteiger partial charge in [0.25, 0.3) is 0 Å². The molecular weight excluding hydrogens is 56.0 g/mol. The van der Waals surface area contributed by atoms with E-state index in [1.54, 1.807) is 0 Å². The first kappa shape index (κ1) is 9.90. The number of rotatable bonds is 0. The van der Waals surface area contributed by atoms with Crippen molar-refractivity contribution in [1.82, 2.24) is 6.15 Å². The van der Waals surface area contributed by atoms with Crippen molar-refractivity contribution in [1.29, 1.82) is 0 Å². The maximum absolute atomic E-state index is 7.08. The quantitative estimate of drug-likeness (QED) is 0.240. The molecule has 0 rings (SSSR count). The summed E-state index contributed by atoms with van der Waals surface area (Å²) in [5.41, 5.74) is 0. The third-order valence-electron chi connectivity index (χ3n) is 0. The Labute approximate surface area is 24.5 Å². The topological polar surface area (TPSA) is 67.6 Å². The van der Waals surface area contributed by atoms with Gasteiger partial charge in [0.2, 0.25) is 0 Å². The lowest BCUT2D eigenvalue weighted by molar-refractivity contribution is 0.323. The lowest BCUT2D eigenvalue weighted by Crippen LogP contribution is -1.30. The molecule has 4 heavy (non-hydrogen) atoms. The van der Waals surface area contributed by atoms with Crippen LogP contribution in [0.3, 0.4) is 0 Å². The van der Waals surface area contributed by atoms with Crippen LogP contribution in [0.1, 0.15) is 0 Å². The van der Waals surface area contributed by atoms with Gasteiger partial charge in [-0.05, 0) is 0 Å². The molecule has 26 valence electrons. The Balaban J connectivity index is 0. The summed E-state index contributed by atoms with van der Waals surface area (Å²) < 4.78 is 0. The zero-order valence-electron chi connectivity index (χ0n) is 2.31. The maximum atomic E-state index is 7.08. The molecule has 3 heteroatoms. The molecule has 0 aliphatic heterocycles. The van der Waals surface area contributed by atoms with Gasteiger partial charge in [-0.3, -0.25) is 0 Å². The highest BCUT2D eigenvalue weighted by Crippen LogP contribution is 1.20. The van der Waals surface area contributed by atoms with Crippen LogP contribution >= 0.6 is 0 Å². The van der Waals surface area contributed by atoms with Crippen molar-refractivity contribution in [3.05, 3.63) is 0 Å². The summed E-state index contributed by atoms with van der Waals surface area (Å²) in [7, 11) is 0. The van der Waals surface area contributed by atoms with Gasteiger partial charge in [0.1, 0.15) is 0 Å². The van der Waals surface area contributed by atoms with Crippen LogP contribution in [0.2, 0.25) is 0 Å². The number of hydrogen-bond acceptors (Lipinski definition) is 3. The van der Waals surface area contributed by atoms with E-state index in [9.17, 15) is 0 Å². The summed E-state index contributed by atoms with van der Waals surface area (Å²) in [6.07, 6.45) is 0. The Morgan fingerprint density at radius 1 is 1.75 bits per heavy atom. The molecule has 0 unspecified atom stereocenters. The summed E-state index contributed by atoms with van der Waals surface area (Å²) in [5.74, 6) is 0. The van der Waals surface area contributed by atoms with Gasteiger partial charge in [0.15, 0.2) is 0 Å². The highest BCUT2D eigenvalue weighted by atomic mass is 16.4. The van der Waals surface area contributed by atoms with E-state index in [-0.39, 0.29) is 6.15 Å². The van der Waals surface area contributed by atoms with Crippen LogP contribution in [0, 0.1) is 0 Å². The summed E-state index contributed by atoms with van der Waals surface area (Å²) in [6, 6.07) is 0.